The predicted molar refractivity (Wildman–Crippen MR) is 112 cm³/mol. The molecule has 0 spiro atoms. The van der Waals surface area contributed by atoms with Crippen LogP contribution in [0.1, 0.15) is 5.56 Å². The van der Waals surface area contributed by atoms with Crippen LogP contribution in [-0.2, 0) is 10.9 Å². The largest absolute Gasteiger partial charge is 0.489 e. The average Bonchev–Trinajstić information content (AvgIpc) is 3.28. The zero-order valence-corrected chi connectivity index (χ0v) is 16.8. The van der Waals surface area contributed by atoms with Crippen molar-refractivity contribution in [1.29, 1.82) is 0 Å². The van der Waals surface area contributed by atoms with Crippen LogP contribution < -0.4 is 15.4 Å². The third-order valence-corrected chi connectivity index (χ3v) is 5.08. The molecule has 2 aliphatic rings. The Kier molecular flexibility index (Phi) is 5.89. The summed E-state index contributed by atoms with van der Waals surface area (Å²) in [5.74, 6) is 1.26. The van der Waals surface area contributed by atoms with E-state index in [0.717, 1.165) is 17.7 Å². The summed E-state index contributed by atoms with van der Waals surface area (Å²) in [6.45, 7) is 3.98. The number of fused-ring (bicyclic) bond motifs is 1. The topological polar surface area (TPSA) is 72.5 Å². The second kappa shape index (κ2) is 8.78. The zero-order chi connectivity index (χ0) is 22.7. The van der Waals surface area contributed by atoms with Gasteiger partial charge >= 0.3 is 12.2 Å². The number of allylic oxidation sites excluding steroid dienone is 3. The van der Waals surface area contributed by atoms with Gasteiger partial charge in [-0.2, -0.15) is 13.2 Å². The van der Waals surface area contributed by atoms with Crippen molar-refractivity contribution in [2.75, 3.05) is 11.9 Å². The second-order valence-corrected chi connectivity index (χ2v) is 7.23. The van der Waals surface area contributed by atoms with Gasteiger partial charge < -0.3 is 20.1 Å². The first-order valence-corrected chi connectivity index (χ1v) is 9.84. The number of aromatic nitrogens is 1. The van der Waals surface area contributed by atoms with E-state index in [-0.39, 0.29) is 23.8 Å². The SMILES string of the molecule is C=C/C=C1/O[C@@H]2[C@H](NC(=O)Nc3cccc(C(F)(F)F)c3)[C@@H]2/C1=C/COc1ccncc1. The summed E-state index contributed by atoms with van der Waals surface area (Å²) in [4.78, 5) is 16.3. The number of amides is 2. The van der Waals surface area contributed by atoms with Crippen LogP contribution in [0, 0.1) is 5.92 Å². The molecular formula is C23H20F3N3O3. The zero-order valence-electron chi connectivity index (χ0n) is 16.8. The molecular weight excluding hydrogens is 423 g/mol. The normalized spacial score (nSPS) is 23.9. The molecule has 32 heavy (non-hydrogen) atoms. The molecule has 2 fully saturated rings. The van der Waals surface area contributed by atoms with E-state index in [9.17, 15) is 18.0 Å². The second-order valence-electron chi connectivity index (χ2n) is 7.23. The van der Waals surface area contributed by atoms with Gasteiger partial charge in [-0.1, -0.05) is 18.7 Å². The number of halogens is 3. The molecule has 2 aromatic rings. The van der Waals surface area contributed by atoms with Gasteiger partial charge in [0.1, 0.15) is 24.2 Å². The van der Waals surface area contributed by atoms with Gasteiger partial charge in [-0.05, 0) is 42.5 Å². The fourth-order valence-corrected chi connectivity index (χ4v) is 3.58. The third kappa shape index (κ3) is 4.77. The molecule has 1 saturated heterocycles. The van der Waals surface area contributed by atoms with E-state index in [1.54, 1.807) is 36.7 Å². The van der Waals surface area contributed by atoms with E-state index < -0.39 is 17.8 Å². The Hall–Kier alpha value is -3.75. The average molecular weight is 443 g/mol. The molecule has 1 saturated carbocycles. The molecule has 6 nitrogen and oxygen atoms in total. The number of carbonyl (C=O) groups is 1. The minimum atomic E-state index is -4.48. The van der Waals surface area contributed by atoms with Gasteiger partial charge in [-0.3, -0.25) is 4.98 Å². The first-order valence-electron chi connectivity index (χ1n) is 9.84. The number of pyridine rings is 1. The van der Waals surface area contributed by atoms with Crippen LogP contribution in [0.15, 0.2) is 84.9 Å². The molecule has 9 heteroatoms. The van der Waals surface area contributed by atoms with Crippen LogP contribution in [0.25, 0.3) is 0 Å². The molecule has 1 aliphatic heterocycles. The molecule has 0 radical (unpaired) electrons. The third-order valence-electron chi connectivity index (χ3n) is 5.08. The maximum absolute atomic E-state index is 12.9. The number of ether oxygens (including phenoxy) is 2. The highest BCUT2D eigenvalue weighted by atomic mass is 19.4. The van der Waals surface area contributed by atoms with E-state index in [1.165, 1.54) is 12.1 Å². The highest BCUT2D eigenvalue weighted by Gasteiger charge is 2.61. The highest BCUT2D eigenvalue weighted by Crippen LogP contribution is 2.51. The fraction of sp³-hybridized carbons (Fsp3) is 0.217. The number of alkyl halides is 3. The minimum Gasteiger partial charge on any atom is -0.489 e. The Morgan fingerprint density at radius 3 is 2.75 bits per heavy atom. The van der Waals surface area contributed by atoms with Crippen LogP contribution in [0.3, 0.4) is 0 Å². The quantitative estimate of drug-likeness (QED) is 0.679. The summed E-state index contributed by atoms with van der Waals surface area (Å²) in [5.41, 5.74) is 0.103. The van der Waals surface area contributed by atoms with Gasteiger partial charge in [0, 0.05) is 23.7 Å². The Balaban J connectivity index is 1.38. The number of nitrogens with one attached hydrogen (secondary N) is 2. The molecule has 3 atom stereocenters. The first-order chi connectivity index (χ1) is 15.4. The monoisotopic (exact) mass is 443 g/mol. The number of anilines is 1. The maximum atomic E-state index is 12.9. The lowest BCUT2D eigenvalue weighted by atomic mass is 10.1. The van der Waals surface area contributed by atoms with Crippen LogP contribution in [0.4, 0.5) is 23.7 Å². The van der Waals surface area contributed by atoms with Crippen molar-refractivity contribution in [3.05, 3.63) is 90.5 Å². The van der Waals surface area contributed by atoms with Crippen molar-refractivity contribution in [3.8, 4) is 5.75 Å². The molecule has 1 aromatic heterocycles. The van der Waals surface area contributed by atoms with Gasteiger partial charge in [0.25, 0.3) is 0 Å². The summed E-state index contributed by atoms with van der Waals surface area (Å²) in [7, 11) is 0. The van der Waals surface area contributed by atoms with Crippen molar-refractivity contribution in [1.82, 2.24) is 10.3 Å². The fourth-order valence-electron chi connectivity index (χ4n) is 3.58. The maximum Gasteiger partial charge on any atom is 0.416 e. The molecule has 4 rings (SSSR count). The number of urea groups is 1. The van der Waals surface area contributed by atoms with Crippen LogP contribution in [0.2, 0.25) is 0 Å². The standard InChI is InChI=1S/C23H20F3N3O3/c1-2-4-18-17(9-12-31-16-7-10-27-11-8-16)19-20(21(19)32-18)29-22(30)28-15-6-3-5-14(13-15)23(24,25)26/h2-11,13,19-21H,1,12H2,(H2,28,29,30)/b17-9+,18-4+/t19-,20+,21-/m0/s1. The number of benzene rings is 1. The predicted octanol–water partition coefficient (Wildman–Crippen LogP) is 4.69. The Bertz CT molecular complexity index is 1070. The Labute approximate surface area is 182 Å². The molecule has 2 heterocycles. The molecule has 1 aromatic carbocycles. The molecule has 166 valence electrons. The number of hydrogen-bond acceptors (Lipinski definition) is 4. The van der Waals surface area contributed by atoms with Crippen LogP contribution in [-0.4, -0.2) is 29.8 Å². The lowest BCUT2D eigenvalue weighted by Crippen LogP contribution is -2.34. The van der Waals surface area contributed by atoms with Crippen molar-refractivity contribution in [3.63, 3.8) is 0 Å². The Morgan fingerprint density at radius 1 is 1.25 bits per heavy atom. The summed E-state index contributed by atoms with van der Waals surface area (Å²) >= 11 is 0. The highest BCUT2D eigenvalue weighted by molar-refractivity contribution is 5.90. The lowest BCUT2D eigenvalue weighted by molar-refractivity contribution is -0.137. The van der Waals surface area contributed by atoms with E-state index in [4.69, 9.17) is 9.47 Å². The van der Waals surface area contributed by atoms with Gasteiger partial charge in [0.05, 0.1) is 17.5 Å². The first kappa shape index (κ1) is 21.5. The van der Waals surface area contributed by atoms with E-state index in [2.05, 4.69) is 22.2 Å². The van der Waals surface area contributed by atoms with Crippen molar-refractivity contribution < 1.29 is 27.4 Å². The number of carbonyl (C=O) groups excluding carboxylic acids is 1. The lowest BCUT2D eigenvalue weighted by Gasteiger charge is -2.13. The number of nitrogens with zero attached hydrogens (tertiary/aromatic N) is 1. The summed E-state index contributed by atoms with van der Waals surface area (Å²) in [6.07, 6.45) is 3.76. The van der Waals surface area contributed by atoms with Gasteiger partial charge in [0.15, 0.2) is 0 Å². The van der Waals surface area contributed by atoms with Gasteiger partial charge in [0.2, 0.25) is 0 Å². The number of rotatable bonds is 6. The smallest absolute Gasteiger partial charge is 0.416 e. The molecule has 2 amide bonds. The molecule has 2 N–H and O–H groups in total. The van der Waals surface area contributed by atoms with Crippen molar-refractivity contribution in [2.45, 2.75) is 18.3 Å². The summed E-state index contributed by atoms with van der Waals surface area (Å²) in [5, 5.41) is 5.21. The number of hydrogen-bond donors (Lipinski definition) is 2. The minimum absolute atomic E-state index is 0.0535. The molecule has 0 bridgehead atoms. The van der Waals surface area contributed by atoms with Crippen molar-refractivity contribution >= 4 is 11.7 Å². The summed E-state index contributed by atoms with van der Waals surface area (Å²) in [6, 6.07) is 7.05. The van der Waals surface area contributed by atoms with Gasteiger partial charge in [-0.25, -0.2) is 4.79 Å². The Morgan fingerprint density at radius 2 is 2.03 bits per heavy atom. The van der Waals surface area contributed by atoms with E-state index >= 15 is 0 Å². The van der Waals surface area contributed by atoms with Crippen LogP contribution >= 0.6 is 0 Å². The van der Waals surface area contributed by atoms with Crippen LogP contribution in [0.5, 0.6) is 5.75 Å². The molecule has 0 unspecified atom stereocenters. The van der Waals surface area contributed by atoms with Crippen molar-refractivity contribution in [2.24, 2.45) is 5.92 Å². The van der Waals surface area contributed by atoms with Gasteiger partial charge in [-0.15, -0.1) is 0 Å². The van der Waals surface area contributed by atoms with E-state index in [0.29, 0.717) is 18.1 Å². The molecule has 1 aliphatic carbocycles. The van der Waals surface area contributed by atoms with E-state index in [1.807, 2.05) is 6.08 Å². The summed E-state index contributed by atoms with van der Waals surface area (Å²) < 4.78 is 50.1.